The van der Waals surface area contributed by atoms with Crippen LogP contribution in [0.25, 0.3) is 0 Å². The number of rotatable bonds is 14. The normalized spacial score (nSPS) is 10.6. The average Bonchev–Trinajstić information content (AvgIpc) is 3.34. The predicted octanol–water partition coefficient (Wildman–Crippen LogP) is 4.98. The number of carbonyl (C=O) groups is 2. The fourth-order valence-corrected chi connectivity index (χ4v) is 4.35. The minimum atomic E-state index is -0.297. The summed E-state index contributed by atoms with van der Waals surface area (Å²) in [6.07, 6.45) is 6.14. The van der Waals surface area contributed by atoms with E-state index in [0.29, 0.717) is 49.0 Å². The zero-order valence-corrected chi connectivity index (χ0v) is 20.5. The van der Waals surface area contributed by atoms with Gasteiger partial charge < -0.3 is 20.7 Å². The minimum Gasteiger partial charge on any atom is -0.492 e. The predicted molar refractivity (Wildman–Crippen MR) is 136 cm³/mol. The van der Waals surface area contributed by atoms with Gasteiger partial charge in [-0.15, -0.1) is 11.3 Å². The molecular formula is C25H29ClN4O3S. The number of ether oxygens (including phenoxy) is 1. The Labute approximate surface area is 208 Å². The van der Waals surface area contributed by atoms with Gasteiger partial charge in [-0.05, 0) is 54.6 Å². The maximum absolute atomic E-state index is 13.4. The van der Waals surface area contributed by atoms with Crippen molar-refractivity contribution in [1.82, 2.24) is 9.88 Å². The Bertz CT molecular complexity index is 1050. The summed E-state index contributed by atoms with van der Waals surface area (Å²) in [7, 11) is 0. The topological polar surface area (TPSA) is 97.6 Å². The zero-order chi connectivity index (χ0) is 24.2. The summed E-state index contributed by atoms with van der Waals surface area (Å²) in [6, 6.07) is 12.9. The van der Waals surface area contributed by atoms with Crippen molar-refractivity contribution in [2.75, 3.05) is 25.0 Å². The van der Waals surface area contributed by atoms with E-state index in [2.05, 4.69) is 10.3 Å². The SMILES string of the molecule is NC(=O)CCCCCN(Cc1cccs1)C(=O)c1cc(Cl)cc(OCCNc2ccncc2)c1. The summed E-state index contributed by atoms with van der Waals surface area (Å²) in [5.41, 5.74) is 6.66. The first-order valence-corrected chi connectivity index (χ1v) is 12.4. The number of halogens is 1. The number of nitrogens with two attached hydrogens (primary N) is 1. The van der Waals surface area contributed by atoms with Gasteiger partial charge in [0.15, 0.2) is 0 Å². The second kappa shape index (κ2) is 13.6. The molecule has 2 heterocycles. The number of primary amides is 1. The van der Waals surface area contributed by atoms with Crippen LogP contribution in [0.2, 0.25) is 5.02 Å². The van der Waals surface area contributed by atoms with Crippen LogP contribution in [0.3, 0.4) is 0 Å². The largest absolute Gasteiger partial charge is 0.492 e. The third-order valence-electron chi connectivity index (χ3n) is 5.06. The molecule has 34 heavy (non-hydrogen) atoms. The Morgan fingerprint density at radius 2 is 1.94 bits per heavy atom. The number of anilines is 1. The van der Waals surface area contributed by atoms with Gasteiger partial charge in [-0.1, -0.05) is 24.1 Å². The van der Waals surface area contributed by atoms with Crippen molar-refractivity contribution < 1.29 is 14.3 Å². The highest BCUT2D eigenvalue weighted by atomic mass is 35.5. The molecule has 0 aliphatic carbocycles. The van der Waals surface area contributed by atoms with Crippen LogP contribution in [0.1, 0.15) is 40.9 Å². The Hall–Kier alpha value is -3.10. The van der Waals surface area contributed by atoms with Crippen molar-refractivity contribution >= 4 is 40.4 Å². The van der Waals surface area contributed by atoms with Crippen molar-refractivity contribution in [3.05, 3.63) is 75.7 Å². The maximum atomic E-state index is 13.4. The van der Waals surface area contributed by atoms with Gasteiger partial charge in [0.05, 0.1) is 6.54 Å². The molecule has 0 aliphatic rings. The van der Waals surface area contributed by atoms with E-state index in [4.69, 9.17) is 22.1 Å². The monoisotopic (exact) mass is 500 g/mol. The van der Waals surface area contributed by atoms with E-state index in [1.807, 2.05) is 34.5 Å². The van der Waals surface area contributed by atoms with Crippen molar-refractivity contribution in [1.29, 1.82) is 0 Å². The number of thiophene rings is 1. The smallest absolute Gasteiger partial charge is 0.254 e. The van der Waals surface area contributed by atoms with Gasteiger partial charge in [-0.3, -0.25) is 14.6 Å². The standard InChI is InChI=1S/C25H29ClN4O3S/c26-20-15-19(16-22(17-20)33-13-11-29-21-7-9-28-10-8-21)25(32)30(18-23-5-4-14-34-23)12-3-1-2-6-24(27)31/h4-5,7-10,14-17H,1-3,6,11-13,18H2,(H2,27,31)(H,28,29). The molecule has 3 aromatic rings. The fraction of sp³-hybridized carbons (Fsp3) is 0.320. The average molecular weight is 501 g/mol. The highest BCUT2D eigenvalue weighted by molar-refractivity contribution is 7.09. The van der Waals surface area contributed by atoms with Crippen LogP contribution in [0.4, 0.5) is 5.69 Å². The van der Waals surface area contributed by atoms with Crippen LogP contribution in [-0.2, 0) is 11.3 Å². The summed E-state index contributed by atoms with van der Waals surface area (Å²) in [5, 5.41) is 5.69. The lowest BCUT2D eigenvalue weighted by atomic mass is 10.1. The zero-order valence-electron chi connectivity index (χ0n) is 18.9. The van der Waals surface area contributed by atoms with E-state index < -0.39 is 0 Å². The molecule has 3 N–H and O–H groups in total. The Morgan fingerprint density at radius 3 is 2.68 bits per heavy atom. The van der Waals surface area contributed by atoms with Gasteiger partial charge in [-0.25, -0.2) is 0 Å². The first-order valence-electron chi connectivity index (χ1n) is 11.2. The number of unbranched alkanes of at least 4 members (excludes halogenated alkanes) is 2. The highest BCUT2D eigenvalue weighted by Crippen LogP contribution is 2.24. The molecule has 0 unspecified atom stereocenters. The van der Waals surface area contributed by atoms with Gasteiger partial charge in [0.1, 0.15) is 12.4 Å². The van der Waals surface area contributed by atoms with E-state index >= 15 is 0 Å². The van der Waals surface area contributed by atoms with Gasteiger partial charge in [0.2, 0.25) is 5.91 Å². The number of hydrogen-bond acceptors (Lipinski definition) is 6. The third-order valence-corrected chi connectivity index (χ3v) is 6.14. The lowest BCUT2D eigenvalue weighted by molar-refractivity contribution is -0.118. The Morgan fingerprint density at radius 1 is 1.12 bits per heavy atom. The van der Waals surface area contributed by atoms with Crippen LogP contribution in [0, 0.1) is 0 Å². The molecular weight excluding hydrogens is 472 g/mol. The number of pyridine rings is 1. The van der Waals surface area contributed by atoms with Crippen LogP contribution < -0.4 is 15.8 Å². The van der Waals surface area contributed by atoms with E-state index in [1.54, 1.807) is 41.9 Å². The molecule has 0 saturated heterocycles. The van der Waals surface area contributed by atoms with Crippen molar-refractivity contribution in [2.45, 2.75) is 32.2 Å². The molecule has 7 nitrogen and oxygen atoms in total. The number of amides is 2. The number of nitrogens with one attached hydrogen (secondary N) is 1. The molecule has 0 bridgehead atoms. The minimum absolute atomic E-state index is 0.106. The van der Waals surface area contributed by atoms with E-state index in [9.17, 15) is 9.59 Å². The van der Waals surface area contributed by atoms with Crippen LogP contribution in [-0.4, -0.2) is 41.4 Å². The molecule has 3 rings (SSSR count). The lowest BCUT2D eigenvalue weighted by Gasteiger charge is -2.23. The fourth-order valence-electron chi connectivity index (χ4n) is 3.41. The number of hydrogen-bond donors (Lipinski definition) is 2. The second-order valence-electron chi connectivity index (χ2n) is 7.77. The lowest BCUT2D eigenvalue weighted by Crippen LogP contribution is -2.31. The summed E-state index contributed by atoms with van der Waals surface area (Å²) in [6.45, 7) is 2.10. The number of aromatic nitrogens is 1. The number of carbonyl (C=O) groups excluding carboxylic acids is 2. The quantitative estimate of drug-likeness (QED) is 0.304. The molecule has 0 atom stereocenters. The van der Waals surface area contributed by atoms with Crippen molar-refractivity contribution in [3.8, 4) is 5.75 Å². The van der Waals surface area contributed by atoms with Gasteiger partial charge in [0.25, 0.3) is 5.91 Å². The van der Waals surface area contributed by atoms with Gasteiger partial charge in [-0.2, -0.15) is 0 Å². The molecule has 0 spiro atoms. The molecule has 0 saturated carbocycles. The van der Waals surface area contributed by atoms with Crippen LogP contribution in [0.15, 0.2) is 60.2 Å². The molecule has 2 amide bonds. The molecule has 0 radical (unpaired) electrons. The third kappa shape index (κ3) is 8.68. The maximum Gasteiger partial charge on any atom is 0.254 e. The van der Waals surface area contributed by atoms with E-state index in [0.717, 1.165) is 29.8 Å². The van der Waals surface area contributed by atoms with Crippen LogP contribution in [0.5, 0.6) is 5.75 Å². The highest BCUT2D eigenvalue weighted by Gasteiger charge is 2.18. The molecule has 0 fully saturated rings. The summed E-state index contributed by atoms with van der Waals surface area (Å²) >= 11 is 7.92. The second-order valence-corrected chi connectivity index (χ2v) is 9.24. The summed E-state index contributed by atoms with van der Waals surface area (Å²) < 4.78 is 5.85. The number of benzene rings is 1. The molecule has 1 aromatic carbocycles. The van der Waals surface area contributed by atoms with Gasteiger partial charge >= 0.3 is 0 Å². The van der Waals surface area contributed by atoms with Crippen molar-refractivity contribution in [3.63, 3.8) is 0 Å². The van der Waals surface area contributed by atoms with E-state index in [1.165, 1.54) is 0 Å². The Balaban J connectivity index is 1.60. The van der Waals surface area contributed by atoms with Crippen molar-refractivity contribution in [2.24, 2.45) is 5.73 Å². The molecule has 9 heteroatoms. The first-order chi connectivity index (χ1) is 16.5. The summed E-state index contributed by atoms with van der Waals surface area (Å²) in [4.78, 5) is 31.3. The molecule has 2 aromatic heterocycles. The molecule has 180 valence electrons. The Kier molecular flexibility index (Phi) is 10.2. The summed E-state index contributed by atoms with van der Waals surface area (Å²) in [5.74, 6) is 0.143. The number of nitrogens with zero attached hydrogens (tertiary/aromatic N) is 2. The van der Waals surface area contributed by atoms with E-state index in [-0.39, 0.29) is 11.8 Å². The molecule has 0 aliphatic heterocycles. The van der Waals surface area contributed by atoms with Crippen LogP contribution >= 0.6 is 22.9 Å². The first kappa shape index (κ1) is 25.5. The van der Waals surface area contributed by atoms with Gasteiger partial charge in [0, 0.05) is 53.1 Å².